The molecule has 0 unspecified atom stereocenters. The van der Waals surface area contributed by atoms with Crippen LogP contribution in [0, 0.1) is 0 Å². The van der Waals surface area contributed by atoms with Crippen LogP contribution < -0.4 is 5.32 Å². The Hall–Kier alpha value is -0.500. The van der Waals surface area contributed by atoms with Gasteiger partial charge in [0.1, 0.15) is 0 Å². The highest BCUT2D eigenvalue weighted by atomic mass is 16.5. The minimum Gasteiger partial charge on any atom is -0.394 e. The fourth-order valence-electron chi connectivity index (χ4n) is 1.72. The van der Waals surface area contributed by atoms with Crippen molar-refractivity contribution in [2.24, 2.45) is 0 Å². The molecule has 116 valence electrons. The first-order chi connectivity index (χ1) is 9.33. The van der Waals surface area contributed by atoms with Crippen molar-refractivity contribution < 1.29 is 4.74 Å². The van der Waals surface area contributed by atoms with E-state index in [2.05, 4.69) is 25.7 Å². The van der Waals surface area contributed by atoms with Crippen molar-refractivity contribution in [3.8, 4) is 0 Å². The second-order valence-corrected chi connectivity index (χ2v) is 4.93. The fraction of sp³-hybridized carbons (Fsp3) is 0.882. The van der Waals surface area contributed by atoms with Gasteiger partial charge in [0, 0.05) is 20.3 Å². The molecule has 0 atom stereocenters. The van der Waals surface area contributed by atoms with Gasteiger partial charge in [0.15, 0.2) is 0 Å². The first kappa shape index (κ1) is 20.8. The van der Waals surface area contributed by atoms with Crippen molar-refractivity contribution in [1.82, 2.24) is 5.32 Å². The predicted octanol–water partition coefficient (Wildman–Crippen LogP) is 5.29. The molecule has 0 spiro atoms. The Labute approximate surface area is 122 Å². The molecule has 0 radical (unpaired) electrons. The first-order valence-corrected chi connectivity index (χ1v) is 8.19. The van der Waals surface area contributed by atoms with Gasteiger partial charge in [-0.3, -0.25) is 0 Å². The van der Waals surface area contributed by atoms with Crippen LogP contribution in [0.5, 0.6) is 0 Å². The second-order valence-electron chi connectivity index (χ2n) is 4.93. The molecular formula is C17H37NO. The third-order valence-electron chi connectivity index (χ3n) is 2.99. The summed E-state index contributed by atoms with van der Waals surface area (Å²) in [5.41, 5.74) is 0. The van der Waals surface area contributed by atoms with E-state index in [4.69, 9.17) is 4.74 Å². The highest BCUT2D eigenvalue weighted by Gasteiger charge is 1.91. The fourth-order valence-corrected chi connectivity index (χ4v) is 1.72. The second kappa shape index (κ2) is 22.7. The number of rotatable bonds is 13. The van der Waals surface area contributed by atoms with E-state index in [9.17, 15) is 0 Å². The molecule has 0 saturated carbocycles. The quantitative estimate of drug-likeness (QED) is 0.459. The third kappa shape index (κ3) is 26.9. The summed E-state index contributed by atoms with van der Waals surface area (Å²) in [5, 5.41) is 2.69. The molecule has 0 aliphatic rings. The van der Waals surface area contributed by atoms with Crippen molar-refractivity contribution in [3.05, 3.63) is 12.8 Å². The zero-order valence-corrected chi connectivity index (χ0v) is 13.7. The van der Waals surface area contributed by atoms with Crippen molar-refractivity contribution in [2.75, 3.05) is 20.3 Å². The number of unbranched alkanes of at least 4 members (excludes halogenated alkanes) is 8. The van der Waals surface area contributed by atoms with Gasteiger partial charge in [-0.05, 0) is 19.0 Å². The summed E-state index contributed by atoms with van der Waals surface area (Å²) in [6.07, 6.45) is 15.1. The van der Waals surface area contributed by atoms with Gasteiger partial charge in [-0.1, -0.05) is 71.8 Å². The summed E-state index contributed by atoms with van der Waals surface area (Å²) in [5.74, 6) is 0. The van der Waals surface area contributed by atoms with E-state index < -0.39 is 0 Å². The van der Waals surface area contributed by atoms with Gasteiger partial charge in [0.25, 0.3) is 0 Å². The number of hydrogen-bond acceptors (Lipinski definition) is 2. The maximum atomic E-state index is 5.56. The van der Waals surface area contributed by atoms with E-state index in [1.165, 1.54) is 64.2 Å². The van der Waals surface area contributed by atoms with Gasteiger partial charge in [-0.15, -0.1) is 0 Å². The van der Waals surface area contributed by atoms with E-state index in [1.54, 1.807) is 6.20 Å². The zero-order valence-electron chi connectivity index (χ0n) is 13.7. The molecule has 0 aromatic carbocycles. The van der Waals surface area contributed by atoms with Crippen LogP contribution in [-0.4, -0.2) is 20.3 Å². The number of hydrogen-bond donors (Lipinski definition) is 1. The zero-order chi connectivity index (χ0) is 14.6. The van der Waals surface area contributed by atoms with Gasteiger partial charge in [-0.2, -0.15) is 0 Å². The molecule has 0 aliphatic heterocycles. The summed E-state index contributed by atoms with van der Waals surface area (Å²) < 4.78 is 5.56. The lowest BCUT2D eigenvalue weighted by molar-refractivity contribution is 0.126. The van der Waals surface area contributed by atoms with Gasteiger partial charge in [-0.25, -0.2) is 0 Å². The van der Waals surface area contributed by atoms with Gasteiger partial charge < -0.3 is 10.1 Å². The lowest BCUT2D eigenvalue weighted by Crippen LogP contribution is -1.96. The highest BCUT2D eigenvalue weighted by molar-refractivity contribution is 4.55. The summed E-state index contributed by atoms with van der Waals surface area (Å²) in [6, 6.07) is 0. The van der Waals surface area contributed by atoms with Crippen molar-refractivity contribution in [3.63, 3.8) is 0 Å². The molecule has 0 aromatic rings. The minimum atomic E-state index is 0.976. The smallest absolute Gasteiger partial charge is 0.0466 e. The van der Waals surface area contributed by atoms with Crippen LogP contribution in [0.2, 0.25) is 0 Å². The molecule has 1 N–H and O–H groups in total. The van der Waals surface area contributed by atoms with Crippen LogP contribution in [0.1, 0.15) is 78.1 Å². The Morgan fingerprint density at radius 1 is 0.789 bits per heavy atom. The highest BCUT2D eigenvalue weighted by Crippen LogP contribution is 2.06. The first-order valence-electron chi connectivity index (χ1n) is 8.19. The monoisotopic (exact) mass is 271 g/mol. The van der Waals surface area contributed by atoms with Crippen molar-refractivity contribution in [2.45, 2.75) is 78.1 Å². The lowest BCUT2D eigenvalue weighted by Gasteiger charge is -2.03. The van der Waals surface area contributed by atoms with E-state index in [1.807, 2.05) is 7.05 Å². The number of nitrogens with one attached hydrogen (secondary N) is 1. The molecule has 0 amide bonds. The predicted molar refractivity (Wildman–Crippen MR) is 87.6 cm³/mol. The molecule has 0 fully saturated rings. The van der Waals surface area contributed by atoms with Gasteiger partial charge in [0.2, 0.25) is 0 Å². The molecule has 0 heterocycles. The maximum absolute atomic E-state index is 5.56. The van der Waals surface area contributed by atoms with Crippen LogP contribution >= 0.6 is 0 Å². The average Bonchev–Trinajstić information content (AvgIpc) is 2.45. The Bertz CT molecular complexity index is 136. The SMILES string of the molecule is C=CNC.CCCCCCCCCOCCCCC. The standard InChI is InChI=1S/C14H30O.C3H7N/c1-3-5-7-8-9-10-12-14-15-13-11-6-4-2;1-3-4-2/h3-14H2,1-2H3;3-4H,1H2,2H3. The number of ether oxygens (including phenoxy) is 1. The normalized spacial score (nSPS) is 9.63. The largest absolute Gasteiger partial charge is 0.394 e. The molecule has 0 bridgehead atoms. The Balaban J connectivity index is 0. The summed E-state index contributed by atoms with van der Waals surface area (Å²) in [4.78, 5) is 0. The lowest BCUT2D eigenvalue weighted by atomic mass is 10.1. The van der Waals surface area contributed by atoms with Crippen LogP contribution in [0.15, 0.2) is 12.8 Å². The van der Waals surface area contributed by atoms with E-state index in [0.29, 0.717) is 0 Å². The summed E-state index contributed by atoms with van der Waals surface area (Å²) >= 11 is 0. The molecule has 2 nitrogen and oxygen atoms in total. The third-order valence-corrected chi connectivity index (χ3v) is 2.99. The Kier molecular flexibility index (Phi) is 24.8. The van der Waals surface area contributed by atoms with E-state index >= 15 is 0 Å². The molecule has 0 rings (SSSR count). The molecule has 2 heteroatoms. The van der Waals surface area contributed by atoms with Crippen LogP contribution in [0.4, 0.5) is 0 Å². The van der Waals surface area contributed by atoms with E-state index in [0.717, 1.165) is 13.2 Å². The summed E-state index contributed by atoms with van der Waals surface area (Å²) in [7, 11) is 1.81. The van der Waals surface area contributed by atoms with Gasteiger partial charge in [0.05, 0.1) is 0 Å². The average molecular weight is 271 g/mol. The van der Waals surface area contributed by atoms with Crippen molar-refractivity contribution in [1.29, 1.82) is 0 Å². The molecule has 19 heavy (non-hydrogen) atoms. The van der Waals surface area contributed by atoms with Crippen LogP contribution in [0.3, 0.4) is 0 Å². The van der Waals surface area contributed by atoms with Crippen LogP contribution in [-0.2, 0) is 4.74 Å². The molecule has 0 saturated heterocycles. The van der Waals surface area contributed by atoms with E-state index in [-0.39, 0.29) is 0 Å². The van der Waals surface area contributed by atoms with Crippen LogP contribution in [0.25, 0.3) is 0 Å². The van der Waals surface area contributed by atoms with Crippen molar-refractivity contribution >= 4 is 0 Å². The molecular weight excluding hydrogens is 234 g/mol. The molecule has 0 aromatic heterocycles. The Morgan fingerprint density at radius 3 is 1.63 bits per heavy atom. The Morgan fingerprint density at radius 2 is 1.16 bits per heavy atom. The summed E-state index contributed by atoms with van der Waals surface area (Å²) in [6.45, 7) is 9.83. The maximum Gasteiger partial charge on any atom is 0.0466 e. The topological polar surface area (TPSA) is 21.3 Å². The van der Waals surface area contributed by atoms with Gasteiger partial charge >= 0.3 is 0 Å². The minimum absolute atomic E-state index is 0.976. The molecule has 0 aliphatic carbocycles.